The van der Waals surface area contributed by atoms with Crippen molar-refractivity contribution in [3.05, 3.63) is 212 Å². The van der Waals surface area contributed by atoms with Crippen molar-refractivity contribution in [1.82, 2.24) is 24.0 Å². The monoisotopic (exact) mass is 757 g/mol. The number of hydrogen-bond donors (Lipinski definition) is 1. The van der Waals surface area contributed by atoms with Gasteiger partial charge in [-0.05, 0) is 88.5 Å². The summed E-state index contributed by atoms with van der Waals surface area (Å²) in [5.41, 5.74) is 12.4. The first-order valence-electron chi connectivity index (χ1n) is 20.0. The second-order valence-electron chi connectivity index (χ2n) is 14.9. The number of nitrogens with one attached hydrogen (secondary N) is 1. The van der Waals surface area contributed by atoms with Gasteiger partial charge in [0.25, 0.3) is 0 Å². The molecule has 0 saturated heterocycles. The number of nitrogens with zero attached hydrogens (tertiary/aromatic N) is 4. The summed E-state index contributed by atoms with van der Waals surface area (Å²) in [6, 6.07) is 67.1. The van der Waals surface area contributed by atoms with E-state index >= 15 is 0 Å². The molecule has 11 aromatic rings. The first-order chi connectivity index (χ1) is 29.2. The highest BCUT2D eigenvalue weighted by atomic mass is 15.2. The summed E-state index contributed by atoms with van der Waals surface area (Å²) >= 11 is 0. The Hall–Kier alpha value is -7.89. The predicted octanol–water partition coefficient (Wildman–Crippen LogP) is 13.3. The highest BCUT2D eigenvalue weighted by Crippen LogP contribution is 2.37. The lowest BCUT2D eigenvalue weighted by Gasteiger charge is -2.16. The van der Waals surface area contributed by atoms with E-state index in [1.54, 1.807) is 0 Å². The number of hydrogen-bond acceptors (Lipinski definition) is 2. The molecular formula is C54H39N5. The van der Waals surface area contributed by atoms with Crippen LogP contribution in [-0.4, -0.2) is 25.7 Å². The molecule has 4 heterocycles. The maximum Gasteiger partial charge on any atom is 0.139 e. The number of para-hydroxylation sites is 4. The SMILES string of the molecule is CN/C=C(\C=C\c1ccc2nc(-n3cccc3-n3c4ccccc4c4ccccc43)cc(-c3ccc(-c4ccccc4)cc3)c2c1)n1c2ccccc2c2ccccc21. The van der Waals surface area contributed by atoms with Crippen LogP contribution in [0.2, 0.25) is 0 Å². The fraction of sp³-hybridized carbons (Fsp3) is 0.0185. The minimum atomic E-state index is 0.857. The van der Waals surface area contributed by atoms with Crippen molar-refractivity contribution in [1.29, 1.82) is 0 Å². The van der Waals surface area contributed by atoms with E-state index in [1.165, 1.54) is 43.7 Å². The van der Waals surface area contributed by atoms with Crippen LogP contribution in [0.5, 0.6) is 0 Å². The van der Waals surface area contributed by atoms with Crippen molar-refractivity contribution in [3.8, 4) is 33.9 Å². The number of rotatable bonds is 8. The zero-order valence-corrected chi connectivity index (χ0v) is 32.5. The van der Waals surface area contributed by atoms with E-state index in [0.717, 1.165) is 56.0 Å². The van der Waals surface area contributed by atoms with Gasteiger partial charge in [0.05, 0.1) is 33.3 Å². The molecule has 0 spiro atoms. The molecule has 0 amide bonds. The highest BCUT2D eigenvalue weighted by molar-refractivity contribution is 6.11. The molecular weight excluding hydrogens is 719 g/mol. The van der Waals surface area contributed by atoms with E-state index in [1.807, 2.05) is 7.05 Å². The van der Waals surface area contributed by atoms with Crippen LogP contribution in [0.4, 0.5) is 0 Å². The summed E-state index contributed by atoms with van der Waals surface area (Å²) in [6.45, 7) is 0. The van der Waals surface area contributed by atoms with Gasteiger partial charge in [0, 0.05) is 46.4 Å². The molecule has 0 saturated carbocycles. The predicted molar refractivity (Wildman–Crippen MR) is 248 cm³/mol. The number of aromatic nitrogens is 4. The van der Waals surface area contributed by atoms with Crippen molar-refractivity contribution in [2.45, 2.75) is 0 Å². The third-order valence-electron chi connectivity index (χ3n) is 11.5. The van der Waals surface area contributed by atoms with Gasteiger partial charge in [-0.1, -0.05) is 140 Å². The molecule has 59 heavy (non-hydrogen) atoms. The molecule has 0 fully saturated rings. The Balaban J connectivity index is 1.06. The van der Waals surface area contributed by atoms with Gasteiger partial charge in [-0.15, -0.1) is 0 Å². The second kappa shape index (κ2) is 14.2. The van der Waals surface area contributed by atoms with E-state index in [2.05, 4.69) is 232 Å². The van der Waals surface area contributed by atoms with E-state index in [9.17, 15) is 0 Å². The molecule has 0 atom stereocenters. The minimum Gasteiger partial charge on any atom is -0.392 e. The fourth-order valence-electron chi connectivity index (χ4n) is 8.80. The average molecular weight is 758 g/mol. The highest BCUT2D eigenvalue weighted by Gasteiger charge is 2.18. The van der Waals surface area contributed by atoms with Crippen LogP contribution in [0.15, 0.2) is 207 Å². The maximum absolute atomic E-state index is 5.37. The fourth-order valence-corrected chi connectivity index (χ4v) is 8.80. The van der Waals surface area contributed by atoms with Crippen LogP contribution in [0.3, 0.4) is 0 Å². The molecule has 11 rings (SSSR count). The summed E-state index contributed by atoms with van der Waals surface area (Å²) in [5.74, 6) is 1.89. The smallest absolute Gasteiger partial charge is 0.139 e. The van der Waals surface area contributed by atoms with E-state index in [-0.39, 0.29) is 0 Å². The molecule has 0 aliphatic rings. The Kier molecular flexibility index (Phi) is 8.30. The van der Waals surface area contributed by atoms with Gasteiger partial charge in [0.1, 0.15) is 11.6 Å². The van der Waals surface area contributed by atoms with Crippen molar-refractivity contribution in [2.24, 2.45) is 0 Å². The van der Waals surface area contributed by atoms with Crippen LogP contribution >= 0.6 is 0 Å². The third-order valence-corrected chi connectivity index (χ3v) is 11.5. The molecule has 4 aromatic heterocycles. The Labute approximate surface area is 342 Å². The minimum absolute atomic E-state index is 0.857. The first-order valence-corrected chi connectivity index (χ1v) is 20.0. The third kappa shape index (κ3) is 5.82. The molecule has 0 bridgehead atoms. The van der Waals surface area contributed by atoms with Gasteiger partial charge in [0.2, 0.25) is 0 Å². The zero-order chi connectivity index (χ0) is 39.3. The van der Waals surface area contributed by atoms with Crippen molar-refractivity contribution >= 4 is 66.3 Å². The Bertz CT molecular complexity index is 3310. The van der Waals surface area contributed by atoms with Gasteiger partial charge in [0.15, 0.2) is 0 Å². The van der Waals surface area contributed by atoms with E-state index in [4.69, 9.17) is 4.98 Å². The van der Waals surface area contributed by atoms with Crippen LogP contribution in [0.25, 0.3) is 100 Å². The first kappa shape index (κ1) is 34.4. The Morgan fingerprint density at radius 2 is 1.07 bits per heavy atom. The number of fused-ring (bicyclic) bond motifs is 7. The molecule has 5 heteroatoms. The Morgan fingerprint density at radius 3 is 1.71 bits per heavy atom. The van der Waals surface area contributed by atoms with Gasteiger partial charge in [-0.2, -0.15) is 0 Å². The number of pyridine rings is 1. The van der Waals surface area contributed by atoms with Gasteiger partial charge < -0.3 is 9.88 Å². The Morgan fingerprint density at radius 1 is 0.508 bits per heavy atom. The summed E-state index contributed by atoms with van der Waals surface area (Å²) in [4.78, 5) is 5.37. The van der Waals surface area contributed by atoms with Crippen LogP contribution in [-0.2, 0) is 0 Å². The second-order valence-corrected chi connectivity index (χ2v) is 14.9. The number of benzene rings is 7. The van der Waals surface area contributed by atoms with Crippen LogP contribution < -0.4 is 5.32 Å². The quantitative estimate of drug-likeness (QED) is 0.157. The summed E-state index contributed by atoms with van der Waals surface area (Å²) < 4.78 is 6.90. The van der Waals surface area contributed by atoms with Crippen LogP contribution in [0.1, 0.15) is 5.56 Å². The molecule has 5 nitrogen and oxygen atoms in total. The van der Waals surface area contributed by atoms with E-state index in [0.29, 0.717) is 0 Å². The van der Waals surface area contributed by atoms with Crippen molar-refractivity contribution < 1.29 is 0 Å². The van der Waals surface area contributed by atoms with Crippen molar-refractivity contribution in [3.63, 3.8) is 0 Å². The molecule has 1 N–H and O–H groups in total. The standard InChI is InChI=1S/C54H39N5/c1-55-36-41(58-49-20-9-5-16-42(49)43-17-6-10-21-50(43)58)31-25-37-26-32-48-47(34-37)46(40-29-27-39(28-30-40)38-14-3-2-4-15-38)35-53(56-48)57-33-13-24-54(57)59-51-22-11-7-18-44(51)45-19-8-12-23-52(45)59/h2-36,55H,1H3/b31-25+,41-36+. The topological polar surface area (TPSA) is 39.7 Å². The summed E-state index contributed by atoms with van der Waals surface area (Å²) in [7, 11) is 1.95. The van der Waals surface area contributed by atoms with Crippen molar-refractivity contribution in [2.75, 3.05) is 7.05 Å². The van der Waals surface area contributed by atoms with E-state index < -0.39 is 0 Å². The largest absolute Gasteiger partial charge is 0.392 e. The summed E-state index contributed by atoms with van der Waals surface area (Å²) in [6.07, 6.45) is 8.59. The lowest BCUT2D eigenvalue weighted by Crippen LogP contribution is -2.05. The molecule has 0 aliphatic carbocycles. The summed E-state index contributed by atoms with van der Waals surface area (Å²) in [5, 5.41) is 9.32. The van der Waals surface area contributed by atoms with Gasteiger partial charge in [-0.3, -0.25) is 9.13 Å². The molecule has 280 valence electrons. The molecule has 0 unspecified atom stereocenters. The van der Waals surface area contributed by atoms with Gasteiger partial charge in [-0.25, -0.2) is 4.98 Å². The maximum atomic E-state index is 5.37. The lowest BCUT2D eigenvalue weighted by atomic mass is 9.97. The zero-order valence-electron chi connectivity index (χ0n) is 32.5. The normalized spacial score (nSPS) is 12.2. The molecule has 0 radical (unpaired) electrons. The molecule has 7 aromatic carbocycles. The lowest BCUT2D eigenvalue weighted by molar-refractivity contribution is 0.946. The number of allylic oxidation sites excluding steroid dienone is 2. The van der Waals surface area contributed by atoms with Crippen LogP contribution in [0, 0.1) is 0 Å². The average Bonchev–Trinajstić information content (AvgIpc) is 4.01. The van der Waals surface area contributed by atoms with Gasteiger partial charge >= 0.3 is 0 Å². The molecule has 0 aliphatic heterocycles.